The lowest BCUT2D eigenvalue weighted by Gasteiger charge is -2.19. The monoisotopic (exact) mass is 478 g/mol. The Morgan fingerprint density at radius 1 is 1.09 bits per heavy atom. The zero-order valence-electron chi connectivity index (χ0n) is 18.2. The first-order valence-electron chi connectivity index (χ1n) is 10.7. The van der Waals surface area contributed by atoms with Gasteiger partial charge in [-0.25, -0.2) is 28.2 Å². The molecule has 10 nitrogen and oxygen atoms in total. The Hall–Kier alpha value is -3.99. The van der Waals surface area contributed by atoms with Crippen LogP contribution >= 0.6 is 0 Å². The molecule has 0 saturated carbocycles. The minimum Gasteiger partial charge on any atom is -0.462 e. The third kappa shape index (κ3) is 3.94. The molecule has 2 aromatic heterocycles. The van der Waals surface area contributed by atoms with Gasteiger partial charge in [0.25, 0.3) is 10.0 Å². The van der Waals surface area contributed by atoms with Crippen molar-refractivity contribution in [3.8, 4) is 0 Å². The molecule has 0 atom stereocenters. The van der Waals surface area contributed by atoms with E-state index in [0.717, 1.165) is 5.56 Å². The van der Waals surface area contributed by atoms with Gasteiger partial charge in [0.05, 0.1) is 29.1 Å². The number of para-hydroxylation sites is 1. The molecular formula is C23H22N6O4S. The first-order valence-corrected chi connectivity index (χ1v) is 12.2. The second-order valence-corrected chi connectivity index (χ2v) is 9.70. The predicted octanol–water partition coefficient (Wildman–Crippen LogP) is 2.41. The number of imidazole rings is 1. The van der Waals surface area contributed by atoms with E-state index in [2.05, 4.69) is 15.0 Å². The second-order valence-electron chi connectivity index (χ2n) is 7.84. The van der Waals surface area contributed by atoms with Crippen LogP contribution in [0.5, 0.6) is 0 Å². The fourth-order valence-corrected chi connectivity index (χ4v) is 5.56. The van der Waals surface area contributed by atoms with E-state index in [0.29, 0.717) is 48.6 Å². The maximum Gasteiger partial charge on any atom is 0.338 e. The molecule has 4 aromatic rings. The molecule has 0 unspecified atom stereocenters. The second kappa shape index (κ2) is 8.75. The number of aromatic nitrogens is 4. The van der Waals surface area contributed by atoms with E-state index in [1.807, 2.05) is 22.8 Å². The third-order valence-corrected chi connectivity index (χ3v) is 7.52. The number of esters is 1. The number of benzene rings is 2. The molecule has 3 heterocycles. The number of ether oxygens (including phenoxy) is 1. The fourth-order valence-electron chi connectivity index (χ4n) is 4.01. The van der Waals surface area contributed by atoms with Crippen molar-refractivity contribution in [2.24, 2.45) is 0 Å². The summed E-state index contributed by atoms with van der Waals surface area (Å²) in [7, 11) is -3.79. The number of nitrogen functional groups attached to an aromatic ring is 1. The number of anilines is 2. The highest BCUT2D eigenvalue weighted by molar-refractivity contribution is 7.92. The average molecular weight is 479 g/mol. The quantitative estimate of drug-likeness (QED) is 0.316. The topological polar surface area (TPSA) is 133 Å². The number of nitrogens with two attached hydrogens (primary N) is 1. The average Bonchev–Trinajstić information content (AvgIpc) is 3.47. The zero-order chi connectivity index (χ0) is 23.7. The normalized spacial score (nSPS) is 13.2. The molecule has 0 aliphatic carbocycles. The van der Waals surface area contributed by atoms with Crippen molar-refractivity contribution in [1.29, 1.82) is 0 Å². The first kappa shape index (κ1) is 21.8. The van der Waals surface area contributed by atoms with E-state index < -0.39 is 16.0 Å². The largest absolute Gasteiger partial charge is 0.462 e. The van der Waals surface area contributed by atoms with Gasteiger partial charge in [0, 0.05) is 13.1 Å². The van der Waals surface area contributed by atoms with Crippen molar-refractivity contribution >= 4 is 38.7 Å². The van der Waals surface area contributed by atoms with Crippen LogP contribution in [0.25, 0.3) is 11.2 Å². The van der Waals surface area contributed by atoms with Crippen LogP contribution in [0.4, 0.5) is 11.5 Å². The van der Waals surface area contributed by atoms with Crippen molar-refractivity contribution in [3.63, 3.8) is 0 Å². The van der Waals surface area contributed by atoms with Gasteiger partial charge in [-0.3, -0.25) is 4.31 Å². The molecule has 2 aromatic carbocycles. The Bertz CT molecular complexity index is 1480. The van der Waals surface area contributed by atoms with E-state index in [1.165, 1.54) is 22.8 Å². The molecule has 174 valence electrons. The number of sulfonamides is 1. The van der Waals surface area contributed by atoms with E-state index >= 15 is 0 Å². The van der Waals surface area contributed by atoms with Crippen molar-refractivity contribution < 1.29 is 17.9 Å². The molecule has 0 amide bonds. The molecule has 0 bridgehead atoms. The van der Waals surface area contributed by atoms with E-state index in [9.17, 15) is 13.2 Å². The van der Waals surface area contributed by atoms with Crippen LogP contribution in [0, 0.1) is 0 Å². The standard InChI is InChI=1S/C23H22N6O4S/c24-21-20-22(26-14-25-21)28(15-27-20)10-4-12-33-23(30)17-6-3-7-18(13-17)34(31,32)29-11-9-16-5-1-2-8-19(16)29/h1-3,5-8,13-15H,4,9-12H2,(H2,24,25,26). The Labute approximate surface area is 196 Å². The van der Waals surface area contributed by atoms with Gasteiger partial charge in [0.15, 0.2) is 11.5 Å². The smallest absolute Gasteiger partial charge is 0.338 e. The maximum atomic E-state index is 13.2. The maximum absolute atomic E-state index is 13.2. The van der Waals surface area contributed by atoms with Gasteiger partial charge >= 0.3 is 5.97 Å². The van der Waals surface area contributed by atoms with E-state index in [4.69, 9.17) is 10.5 Å². The molecule has 34 heavy (non-hydrogen) atoms. The molecule has 0 saturated heterocycles. The number of hydrogen-bond donors (Lipinski definition) is 1. The van der Waals surface area contributed by atoms with Crippen LogP contribution < -0.4 is 10.0 Å². The highest BCUT2D eigenvalue weighted by atomic mass is 32.2. The van der Waals surface area contributed by atoms with Crippen molar-refractivity contribution in [2.75, 3.05) is 23.2 Å². The molecule has 1 aliphatic rings. The molecule has 0 fully saturated rings. The molecule has 5 rings (SSSR count). The van der Waals surface area contributed by atoms with Crippen LogP contribution in [0.1, 0.15) is 22.3 Å². The minimum atomic E-state index is -3.79. The summed E-state index contributed by atoms with van der Waals surface area (Å²) in [6, 6.07) is 13.4. The van der Waals surface area contributed by atoms with Crippen molar-refractivity contribution in [2.45, 2.75) is 24.3 Å². The van der Waals surface area contributed by atoms with Gasteiger partial charge in [-0.1, -0.05) is 24.3 Å². The zero-order valence-corrected chi connectivity index (χ0v) is 19.0. The number of rotatable bonds is 7. The molecule has 11 heteroatoms. The summed E-state index contributed by atoms with van der Waals surface area (Å²) >= 11 is 0. The number of fused-ring (bicyclic) bond motifs is 2. The summed E-state index contributed by atoms with van der Waals surface area (Å²) in [5, 5.41) is 0. The van der Waals surface area contributed by atoms with Gasteiger partial charge in [-0.15, -0.1) is 0 Å². The van der Waals surface area contributed by atoms with Crippen LogP contribution in [0.2, 0.25) is 0 Å². The first-order chi connectivity index (χ1) is 16.4. The fraction of sp³-hybridized carbons (Fsp3) is 0.217. The predicted molar refractivity (Wildman–Crippen MR) is 126 cm³/mol. The van der Waals surface area contributed by atoms with Crippen LogP contribution in [0.3, 0.4) is 0 Å². The summed E-state index contributed by atoms with van der Waals surface area (Å²) in [5.74, 6) is -0.275. The van der Waals surface area contributed by atoms with E-state index in [1.54, 1.807) is 24.5 Å². The molecule has 1 aliphatic heterocycles. The number of nitrogens with zero attached hydrogens (tertiary/aromatic N) is 5. The summed E-state index contributed by atoms with van der Waals surface area (Å²) in [6.45, 7) is 1.04. The number of carbonyl (C=O) groups excluding carboxylic acids is 1. The van der Waals surface area contributed by atoms with Gasteiger partial charge < -0.3 is 15.0 Å². The summed E-state index contributed by atoms with van der Waals surface area (Å²) in [6.07, 6.45) is 4.16. The van der Waals surface area contributed by atoms with Gasteiger partial charge in [-0.05, 0) is 42.7 Å². The summed E-state index contributed by atoms with van der Waals surface area (Å²) in [4.78, 5) is 24.9. The Morgan fingerprint density at radius 3 is 2.82 bits per heavy atom. The van der Waals surface area contributed by atoms with Crippen molar-refractivity contribution in [3.05, 3.63) is 72.3 Å². The third-order valence-electron chi connectivity index (χ3n) is 5.71. The Kier molecular flexibility index (Phi) is 5.62. The highest BCUT2D eigenvalue weighted by Gasteiger charge is 2.31. The lowest BCUT2D eigenvalue weighted by Crippen LogP contribution is -2.29. The van der Waals surface area contributed by atoms with Crippen LogP contribution in [0.15, 0.2) is 66.1 Å². The molecule has 0 radical (unpaired) electrons. The van der Waals surface area contributed by atoms with Gasteiger partial charge in [-0.2, -0.15) is 0 Å². The molecular weight excluding hydrogens is 456 g/mol. The van der Waals surface area contributed by atoms with Gasteiger partial charge in [0.2, 0.25) is 0 Å². The number of aryl methyl sites for hydroxylation is 1. The highest BCUT2D eigenvalue weighted by Crippen LogP contribution is 2.32. The summed E-state index contributed by atoms with van der Waals surface area (Å²) < 4.78 is 35.0. The lowest BCUT2D eigenvalue weighted by molar-refractivity contribution is 0.0496. The SMILES string of the molecule is Nc1ncnc2c1ncn2CCCOC(=O)c1cccc(S(=O)(=O)N2CCc3ccccc32)c1. The number of carbonyl (C=O) groups is 1. The van der Waals surface area contributed by atoms with Crippen molar-refractivity contribution in [1.82, 2.24) is 19.5 Å². The Morgan fingerprint density at radius 2 is 1.94 bits per heavy atom. The minimum absolute atomic E-state index is 0.0563. The van der Waals surface area contributed by atoms with Gasteiger partial charge in [0.1, 0.15) is 11.8 Å². The van der Waals surface area contributed by atoms with E-state index in [-0.39, 0.29) is 17.1 Å². The molecule has 2 N–H and O–H groups in total. The number of hydrogen-bond acceptors (Lipinski definition) is 8. The lowest BCUT2D eigenvalue weighted by atomic mass is 10.2. The Balaban J connectivity index is 1.24. The molecule has 0 spiro atoms. The summed E-state index contributed by atoms with van der Waals surface area (Å²) in [5.41, 5.74) is 8.78. The van der Waals surface area contributed by atoms with Crippen LogP contribution in [-0.4, -0.2) is 47.1 Å². The van der Waals surface area contributed by atoms with Crippen LogP contribution in [-0.2, 0) is 27.7 Å².